The standard InChI is InChI=1S/C16H32N2O2/c1-12-7-8-14(13(2)11-12)17-9-10-18(6)15(19)20-16(3,4)5/h12-14,17H,7-11H2,1-6H3. The molecule has 1 aliphatic carbocycles. The Morgan fingerprint density at radius 2 is 1.95 bits per heavy atom. The van der Waals surface area contributed by atoms with Crippen LogP contribution in [-0.2, 0) is 4.74 Å². The minimum Gasteiger partial charge on any atom is -0.444 e. The van der Waals surface area contributed by atoms with Crippen LogP contribution >= 0.6 is 0 Å². The van der Waals surface area contributed by atoms with E-state index >= 15 is 0 Å². The molecule has 0 bridgehead atoms. The highest BCUT2D eigenvalue weighted by Gasteiger charge is 2.25. The monoisotopic (exact) mass is 284 g/mol. The summed E-state index contributed by atoms with van der Waals surface area (Å²) >= 11 is 0. The number of nitrogens with one attached hydrogen (secondary N) is 1. The molecule has 1 N–H and O–H groups in total. The first-order valence-electron chi connectivity index (χ1n) is 7.86. The molecule has 0 aromatic carbocycles. The van der Waals surface area contributed by atoms with Crippen LogP contribution in [0.1, 0.15) is 53.9 Å². The molecule has 3 atom stereocenters. The van der Waals surface area contributed by atoms with Crippen LogP contribution in [0.3, 0.4) is 0 Å². The Labute approximate surface area is 124 Å². The van der Waals surface area contributed by atoms with Gasteiger partial charge in [0.25, 0.3) is 0 Å². The molecule has 20 heavy (non-hydrogen) atoms. The number of hydrogen-bond donors (Lipinski definition) is 1. The van der Waals surface area contributed by atoms with Gasteiger partial charge in [-0.15, -0.1) is 0 Å². The van der Waals surface area contributed by atoms with Crippen LogP contribution in [0.2, 0.25) is 0 Å². The van der Waals surface area contributed by atoms with Crippen molar-refractivity contribution >= 4 is 6.09 Å². The molecule has 1 amide bonds. The van der Waals surface area contributed by atoms with E-state index in [-0.39, 0.29) is 6.09 Å². The Morgan fingerprint density at radius 3 is 2.50 bits per heavy atom. The fourth-order valence-electron chi connectivity index (χ4n) is 2.82. The predicted octanol–water partition coefficient (Wildman–Crippen LogP) is 3.27. The normalized spacial score (nSPS) is 27.2. The summed E-state index contributed by atoms with van der Waals surface area (Å²) in [5.41, 5.74) is -0.424. The van der Waals surface area contributed by atoms with E-state index in [9.17, 15) is 4.79 Å². The number of amides is 1. The van der Waals surface area contributed by atoms with Crippen molar-refractivity contribution in [2.45, 2.75) is 65.5 Å². The lowest BCUT2D eigenvalue weighted by Crippen LogP contribution is -2.44. The van der Waals surface area contributed by atoms with Gasteiger partial charge in [0.1, 0.15) is 5.60 Å². The van der Waals surface area contributed by atoms with E-state index in [1.54, 1.807) is 11.9 Å². The third kappa shape index (κ3) is 6.12. The van der Waals surface area contributed by atoms with Crippen LogP contribution < -0.4 is 5.32 Å². The molecule has 3 unspecified atom stereocenters. The molecular weight excluding hydrogens is 252 g/mol. The van der Waals surface area contributed by atoms with Gasteiger partial charge >= 0.3 is 6.09 Å². The second-order valence-corrected chi connectivity index (χ2v) is 7.36. The van der Waals surface area contributed by atoms with Gasteiger partial charge in [-0.25, -0.2) is 4.79 Å². The molecule has 1 fully saturated rings. The van der Waals surface area contributed by atoms with Gasteiger partial charge in [-0.2, -0.15) is 0 Å². The minimum absolute atomic E-state index is 0.246. The summed E-state index contributed by atoms with van der Waals surface area (Å²) < 4.78 is 5.34. The van der Waals surface area contributed by atoms with E-state index in [0.717, 1.165) is 18.4 Å². The second-order valence-electron chi connectivity index (χ2n) is 7.36. The first kappa shape index (κ1) is 17.3. The van der Waals surface area contributed by atoms with Crippen LogP contribution in [0, 0.1) is 11.8 Å². The van der Waals surface area contributed by atoms with E-state index in [1.807, 2.05) is 20.8 Å². The van der Waals surface area contributed by atoms with Crippen molar-refractivity contribution in [3.8, 4) is 0 Å². The lowest BCUT2D eigenvalue weighted by atomic mass is 9.80. The van der Waals surface area contributed by atoms with E-state index < -0.39 is 5.60 Å². The third-order valence-electron chi connectivity index (χ3n) is 3.99. The average Bonchev–Trinajstić information content (AvgIpc) is 2.29. The van der Waals surface area contributed by atoms with Crippen LogP contribution in [0.15, 0.2) is 0 Å². The van der Waals surface area contributed by atoms with Gasteiger partial charge in [0.2, 0.25) is 0 Å². The molecule has 4 heteroatoms. The van der Waals surface area contributed by atoms with Gasteiger partial charge in [0.05, 0.1) is 0 Å². The molecule has 118 valence electrons. The molecule has 1 rings (SSSR count). The average molecular weight is 284 g/mol. The smallest absolute Gasteiger partial charge is 0.410 e. The van der Waals surface area contributed by atoms with Gasteiger partial charge in [0.15, 0.2) is 0 Å². The summed E-state index contributed by atoms with van der Waals surface area (Å²) in [6.45, 7) is 11.9. The van der Waals surface area contributed by atoms with Crippen LogP contribution in [0.25, 0.3) is 0 Å². The number of carbonyl (C=O) groups excluding carboxylic acids is 1. The Balaban J connectivity index is 2.25. The van der Waals surface area contributed by atoms with Crippen molar-refractivity contribution in [1.29, 1.82) is 0 Å². The fourth-order valence-corrected chi connectivity index (χ4v) is 2.82. The molecule has 0 aromatic rings. The van der Waals surface area contributed by atoms with E-state index in [4.69, 9.17) is 4.74 Å². The van der Waals surface area contributed by atoms with Gasteiger partial charge < -0.3 is 15.0 Å². The van der Waals surface area contributed by atoms with Gasteiger partial charge in [0, 0.05) is 26.2 Å². The van der Waals surface area contributed by atoms with Crippen molar-refractivity contribution in [2.75, 3.05) is 20.1 Å². The molecule has 1 aliphatic rings. The summed E-state index contributed by atoms with van der Waals surface area (Å²) in [5.74, 6) is 1.58. The summed E-state index contributed by atoms with van der Waals surface area (Å²) in [4.78, 5) is 13.5. The van der Waals surface area contributed by atoms with Gasteiger partial charge in [-0.05, 0) is 51.9 Å². The van der Waals surface area contributed by atoms with Crippen molar-refractivity contribution in [3.63, 3.8) is 0 Å². The number of carbonyl (C=O) groups is 1. The number of rotatable bonds is 4. The van der Waals surface area contributed by atoms with Gasteiger partial charge in [-0.3, -0.25) is 0 Å². The minimum atomic E-state index is -0.424. The lowest BCUT2D eigenvalue weighted by Gasteiger charge is -2.33. The Bertz CT molecular complexity index is 312. The van der Waals surface area contributed by atoms with E-state index in [0.29, 0.717) is 12.6 Å². The largest absolute Gasteiger partial charge is 0.444 e. The molecule has 4 nitrogen and oxygen atoms in total. The maximum Gasteiger partial charge on any atom is 0.410 e. The molecule has 0 aliphatic heterocycles. The number of ether oxygens (including phenoxy) is 1. The van der Waals surface area contributed by atoms with Crippen LogP contribution in [0.4, 0.5) is 4.79 Å². The number of likely N-dealkylation sites (N-methyl/N-ethyl adjacent to an activating group) is 1. The molecule has 0 heterocycles. The second kappa shape index (κ2) is 7.30. The third-order valence-corrected chi connectivity index (χ3v) is 3.99. The van der Waals surface area contributed by atoms with E-state index in [1.165, 1.54) is 19.3 Å². The Kier molecular flexibility index (Phi) is 6.31. The zero-order valence-electron chi connectivity index (χ0n) is 14.0. The van der Waals surface area contributed by atoms with Crippen molar-refractivity contribution < 1.29 is 9.53 Å². The van der Waals surface area contributed by atoms with Crippen molar-refractivity contribution in [1.82, 2.24) is 10.2 Å². The molecule has 0 radical (unpaired) electrons. The first-order valence-corrected chi connectivity index (χ1v) is 7.86. The zero-order chi connectivity index (χ0) is 15.3. The number of hydrogen-bond acceptors (Lipinski definition) is 3. The molecular formula is C16H32N2O2. The zero-order valence-corrected chi connectivity index (χ0v) is 14.0. The SMILES string of the molecule is CC1CCC(NCCN(C)C(=O)OC(C)(C)C)C(C)C1. The van der Waals surface area contributed by atoms with Crippen molar-refractivity contribution in [3.05, 3.63) is 0 Å². The Hall–Kier alpha value is -0.770. The summed E-state index contributed by atoms with van der Waals surface area (Å²) in [6.07, 6.45) is 3.62. The quantitative estimate of drug-likeness (QED) is 0.861. The van der Waals surface area contributed by atoms with Crippen molar-refractivity contribution in [2.24, 2.45) is 11.8 Å². The molecule has 0 spiro atoms. The molecule has 0 saturated heterocycles. The summed E-state index contributed by atoms with van der Waals surface area (Å²) in [7, 11) is 1.79. The maximum absolute atomic E-state index is 11.8. The summed E-state index contributed by atoms with van der Waals surface area (Å²) in [6, 6.07) is 0.596. The van der Waals surface area contributed by atoms with Crippen LogP contribution in [-0.4, -0.2) is 42.8 Å². The lowest BCUT2D eigenvalue weighted by molar-refractivity contribution is 0.0298. The fraction of sp³-hybridized carbons (Fsp3) is 0.938. The highest BCUT2D eigenvalue weighted by molar-refractivity contribution is 5.67. The molecule has 1 saturated carbocycles. The highest BCUT2D eigenvalue weighted by atomic mass is 16.6. The topological polar surface area (TPSA) is 41.6 Å². The Morgan fingerprint density at radius 1 is 1.30 bits per heavy atom. The maximum atomic E-state index is 11.8. The predicted molar refractivity (Wildman–Crippen MR) is 82.8 cm³/mol. The summed E-state index contributed by atoms with van der Waals surface area (Å²) in [5, 5.41) is 3.59. The highest BCUT2D eigenvalue weighted by Crippen LogP contribution is 2.28. The number of nitrogens with zero attached hydrogens (tertiary/aromatic N) is 1. The van der Waals surface area contributed by atoms with E-state index in [2.05, 4.69) is 19.2 Å². The first-order chi connectivity index (χ1) is 9.19. The molecule has 0 aromatic heterocycles. The van der Waals surface area contributed by atoms with Crippen LogP contribution in [0.5, 0.6) is 0 Å². The van der Waals surface area contributed by atoms with Gasteiger partial charge in [-0.1, -0.05) is 13.8 Å².